The van der Waals surface area contributed by atoms with Crippen molar-refractivity contribution in [3.63, 3.8) is 0 Å². The van der Waals surface area contributed by atoms with Gasteiger partial charge in [0.2, 0.25) is 0 Å². The number of rotatable bonds is 7. The smallest absolute Gasteiger partial charge is 0.272 e. The summed E-state index contributed by atoms with van der Waals surface area (Å²) in [6, 6.07) is 8.86. The van der Waals surface area contributed by atoms with Crippen molar-refractivity contribution in [1.29, 1.82) is 0 Å². The second kappa shape index (κ2) is 7.04. The van der Waals surface area contributed by atoms with Crippen molar-refractivity contribution in [2.45, 2.75) is 32.7 Å². The van der Waals surface area contributed by atoms with Gasteiger partial charge in [0.15, 0.2) is 0 Å². The van der Waals surface area contributed by atoms with E-state index in [0.29, 0.717) is 6.42 Å². The van der Waals surface area contributed by atoms with Crippen molar-refractivity contribution >= 4 is 5.69 Å². The fraction of sp³-hybridized carbons (Fsp3) is 0.375. The maximum atomic E-state index is 11.1. The van der Waals surface area contributed by atoms with E-state index in [9.17, 15) is 10.1 Å². The van der Waals surface area contributed by atoms with Crippen LogP contribution in [-0.2, 0) is 12.8 Å². The topological polar surface area (TPSA) is 68.3 Å². The summed E-state index contributed by atoms with van der Waals surface area (Å²) >= 11 is 0. The maximum absolute atomic E-state index is 11.1. The first-order valence-electron chi connectivity index (χ1n) is 7.19. The van der Waals surface area contributed by atoms with Crippen molar-refractivity contribution in [1.82, 2.24) is 5.32 Å². The van der Waals surface area contributed by atoms with Crippen molar-refractivity contribution < 1.29 is 9.34 Å². The van der Waals surface area contributed by atoms with Crippen molar-refractivity contribution in [3.8, 4) is 0 Å². The molecule has 0 bridgehead atoms. The van der Waals surface area contributed by atoms with Crippen LogP contribution in [0.25, 0.3) is 0 Å². The second-order valence-corrected chi connectivity index (χ2v) is 4.85. The molecule has 5 nitrogen and oxygen atoms in total. The van der Waals surface area contributed by atoms with Crippen LogP contribution in [0.3, 0.4) is 0 Å². The predicted molar refractivity (Wildman–Crippen MR) is 81.3 cm³/mol. The normalized spacial score (nSPS) is 12.3. The zero-order valence-corrected chi connectivity index (χ0v) is 12.3. The molecule has 5 heteroatoms. The second-order valence-electron chi connectivity index (χ2n) is 4.85. The van der Waals surface area contributed by atoms with Crippen LogP contribution in [0.2, 0.25) is 0 Å². The maximum Gasteiger partial charge on any atom is 0.272 e. The van der Waals surface area contributed by atoms with E-state index in [2.05, 4.69) is 5.32 Å². The van der Waals surface area contributed by atoms with Gasteiger partial charge in [0.25, 0.3) is 5.69 Å². The fourth-order valence-electron chi connectivity index (χ4n) is 2.57. The van der Waals surface area contributed by atoms with E-state index >= 15 is 0 Å². The molecular formula is C16H20N2O3. The number of hydrogen-bond acceptors (Lipinski definition) is 4. The SMILES string of the molecule is CCNC(Cc1ccccc1[N+](=O)[O-])c1ccoc1CC. The van der Waals surface area contributed by atoms with Crippen LogP contribution in [0, 0.1) is 10.1 Å². The van der Waals surface area contributed by atoms with Crippen LogP contribution in [0.4, 0.5) is 5.69 Å². The lowest BCUT2D eigenvalue weighted by molar-refractivity contribution is -0.385. The molecule has 0 saturated carbocycles. The zero-order chi connectivity index (χ0) is 15.2. The van der Waals surface area contributed by atoms with Gasteiger partial charge in [0.1, 0.15) is 5.76 Å². The predicted octanol–water partition coefficient (Wildman–Crippen LogP) is 3.64. The first kappa shape index (κ1) is 15.3. The van der Waals surface area contributed by atoms with Gasteiger partial charge in [-0.1, -0.05) is 32.0 Å². The van der Waals surface area contributed by atoms with Crippen LogP contribution in [0.5, 0.6) is 0 Å². The number of aryl methyl sites for hydroxylation is 1. The molecule has 0 radical (unpaired) electrons. The Morgan fingerprint density at radius 3 is 2.71 bits per heavy atom. The molecule has 1 unspecified atom stereocenters. The Kier molecular flexibility index (Phi) is 5.11. The van der Waals surface area contributed by atoms with Gasteiger partial charge in [-0.25, -0.2) is 0 Å². The lowest BCUT2D eigenvalue weighted by atomic mass is 9.97. The Morgan fingerprint density at radius 1 is 1.29 bits per heavy atom. The minimum absolute atomic E-state index is 0.0183. The largest absolute Gasteiger partial charge is 0.469 e. The number of nitro benzene ring substituents is 1. The van der Waals surface area contributed by atoms with Gasteiger partial charge in [0, 0.05) is 29.7 Å². The van der Waals surface area contributed by atoms with Crippen molar-refractivity contribution in [2.24, 2.45) is 0 Å². The molecule has 1 heterocycles. The molecule has 0 amide bonds. The first-order valence-corrected chi connectivity index (χ1v) is 7.19. The van der Waals surface area contributed by atoms with E-state index in [4.69, 9.17) is 4.42 Å². The van der Waals surface area contributed by atoms with Gasteiger partial charge in [-0.3, -0.25) is 10.1 Å². The molecule has 0 fully saturated rings. The molecule has 0 saturated heterocycles. The third-order valence-electron chi connectivity index (χ3n) is 3.54. The Labute approximate surface area is 124 Å². The summed E-state index contributed by atoms with van der Waals surface area (Å²) in [6.45, 7) is 4.86. The van der Waals surface area contributed by atoms with Gasteiger partial charge in [0.05, 0.1) is 11.2 Å². The number of nitrogens with zero attached hydrogens (tertiary/aromatic N) is 1. The number of hydrogen-bond donors (Lipinski definition) is 1. The molecule has 0 aliphatic heterocycles. The summed E-state index contributed by atoms with van der Waals surface area (Å²) in [5.41, 5.74) is 1.98. The number of benzene rings is 1. The fourth-order valence-corrected chi connectivity index (χ4v) is 2.57. The summed E-state index contributed by atoms with van der Waals surface area (Å²) in [4.78, 5) is 10.8. The zero-order valence-electron chi connectivity index (χ0n) is 12.3. The standard InChI is InChI=1S/C16H20N2O3/c1-3-16-13(9-10-21-16)14(17-4-2)11-12-7-5-6-8-15(12)18(19)20/h5-10,14,17H,3-4,11H2,1-2H3. The average molecular weight is 288 g/mol. The number of para-hydroxylation sites is 1. The Bertz CT molecular complexity index is 607. The highest BCUT2D eigenvalue weighted by Gasteiger charge is 2.21. The number of nitro groups is 1. The van der Waals surface area contributed by atoms with Crippen molar-refractivity contribution in [2.75, 3.05) is 6.54 Å². The molecule has 0 aliphatic rings. The minimum atomic E-state index is -0.325. The molecule has 0 aliphatic carbocycles. The Balaban J connectivity index is 2.31. The van der Waals surface area contributed by atoms with Crippen molar-refractivity contribution in [3.05, 3.63) is 63.6 Å². The number of likely N-dealkylation sites (N-methyl/N-ethyl adjacent to an activating group) is 1. The Morgan fingerprint density at radius 2 is 2.05 bits per heavy atom. The highest BCUT2D eigenvalue weighted by atomic mass is 16.6. The third-order valence-corrected chi connectivity index (χ3v) is 3.54. The van der Waals surface area contributed by atoms with Gasteiger partial charge in [-0.15, -0.1) is 0 Å². The summed E-state index contributed by atoms with van der Waals surface area (Å²) in [5, 5.41) is 14.5. The van der Waals surface area contributed by atoms with Gasteiger partial charge in [-0.05, 0) is 19.0 Å². The lowest BCUT2D eigenvalue weighted by Gasteiger charge is -2.18. The summed E-state index contributed by atoms with van der Waals surface area (Å²) < 4.78 is 5.48. The quantitative estimate of drug-likeness (QED) is 0.624. The lowest BCUT2D eigenvalue weighted by Crippen LogP contribution is -2.23. The molecule has 1 aromatic carbocycles. The van der Waals surface area contributed by atoms with E-state index in [1.807, 2.05) is 32.0 Å². The summed E-state index contributed by atoms with van der Waals surface area (Å²) in [7, 11) is 0. The highest BCUT2D eigenvalue weighted by Crippen LogP contribution is 2.27. The van der Waals surface area contributed by atoms with Gasteiger partial charge in [-0.2, -0.15) is 0 Å². The highest BCUT2D eigenvalue weighted by molar-refractivity contribution is 5.41. The third kappa shape index (κ3) is 3.49. The van der Waals surface area contributed by atoms with Crippen LogP contribution in [0.1, 0.15) is 36.8 Å². The van der Waals surface area contributed by atoms with E-state index < -0.39 is 0 Å². The van der Waals surface area contributed by atoms with E-state index in [0.717, 1.165) is 29.9 Å². The van der Waals surface area contributed by atoms with E-state index in [-0.39, 0.29) is 16.7 Å². The van der Waals surface area contributed by atoms with Crippen LogP contribution in [0.15, 0.2) is 41.0 Å². The molecule has 1 aromatic heterocycles. The Hall–Kier alpha value is -2.14. The average Bonchev–Trinajstić information content (AvgIpc) is 2.95. The molecule has 1 atom stereocenters. The first-order chi connectivity index (χ1) is 10.2. The van der Waals surface area contributed by atoms with Gasteiger partial charge < -0.3 is 9.73 Å². The van der Waals surface area contributed by atoms with Crippen LogP contribution < -0.4 is 5.32 Å². The molecule has 2 aromatic rings. The minimum Gasteiger partial charge on any atom is -0.469 e. The van der Waals surface area contributed by atoms with Crippen LogP contribution >= 0.6 is 0 Å². The molecule has 1 N–H and O–H groups in total. The number of nitrogens with one attached hydrogen (secondary N) is 1. The van der Waals surface area contributed by atoms with E-state index in [1.165, 1.54) is 0 Å². The summed E-state index contributed by atoms with van der Waals surface area (Å²) in [6.07, 6.45) is 3.05. The monoisotopic (exact) mass is 288 g/mol. The molecule has 0 spiro atoms. The van der Waals surface area contributed by atoms with Gasteiger partial charge >= 0.3 is 0 Å². The molecular weight excluding hydrogens is 268 g/mol. The van der Waals surface area contributed by atoms with E-state index in [1.54, 1.807) is 18.4 Å². The summed E-state index contributed by atoms with van der Waals surface area (Å²) in [5.74, 6) is 0.930. The van der Waals surface area contributed by atoms with Crippen LogP contribution in [-0.4, -0.2) is 11.5 Å². The molecule has 112 valence electrons. The number of furan rings is 1. The molecule has 2 rings (SSSR count). The molecule has 21 heavy (non-hydrogen) atoms.